The van der Waals surface area contributed by atoms with Crippen molar-refractivity contribution in [3.8, 4) is 5.69 Å². The van der Waals surface area contributed by atoms with Crippen LogP contribution in [0.3, 0.4) is 0 Å². The van der Waals surface area contributed by atoms with Gasteiger partial charge in [0.1, 0.15) is 0 Å². The fourth-order valence-electron chi connectivity index (χ4n) is 3.76. The fraction of sp³-hybridized carbons (Fsp3) is 0.611. The van der Waals surface area contributed by atoms with E-state index in [9.17, 15) is 0 Å². The van der Waals surface area contributed by atoms with Crippen LogP contribution in [0.15, 0.2) is 28.7 Å². The van der Waals surface area contributed by atoms with Gasteiger partial charge in [-0.2, -0.15) is 4.68 Å². The zero-order valence-corrected chi connectivity index (χ0v) is 16.3. The Kier molecular flexibility index (Phi) is 5.35. The van der Waals surface area contributed by atoms with Crippen LogP contribution in [-0.2, 0) is 6.54 Å². The van der Waals surface area contributed by atoms with Crippen LogP contribution in [0.4, 0.5) is 0 Å². The van der Waals surface area contributed by atoms with Gasteiger partial charge in [0, 0.05) is 10.5 Å². The quantitative estimate of drug-likeness (QED) is 0.851. The molecule has 1 aromatic carbocycles. The molecule has 0 radical (unpaired) electrons. The maximum atomic E-state index is 4.22. The SMILES string of the molecule is CC(C)(C)[C@@H]1CCCC[C@@H]1NCc1nnnn1-c1ccccc1Br. The molecule has 1 fully saturated rings. The second-order valence-electron chi connectivity index (χ2n) is 7.70. The van der Waals surface area contributed by atoms with Crippen LogP contribution in [0.25, 0.3) is 5.69 Å². The van der Waals surface area contributed by atoms with Crippen molar-refractivity contribution in [2.45, 2.75) is 59.0 Å². The third kappa shape index (κ3) is 3.86. The van der Waals surface area contributed by atoms with Gasteiger partial charge in [0.2, 0.25) is 0 Å². The molecule has 1 N–H and O–H groups in total. The summed E-state index contributed by atoms with van der Waals surface area (Å²) >= 11 is 3.58. The summed E-state index contributed by atoms with van der Waals surface area (Å²) in [7, 11) is 0. The second kappa shape index (κ2) is 7.31. The zero-order chi connectivity index (χ0) is 17.2. The summed E-state index contributed by atoms with van der Waals surface area (Å²) in [4.78, 5) is 0. The molecule has 1 saturated carbocycles. The highest BCUT2D eigenvalue weighted by atomic mass is 79.9. The van der Waals surface area contributed by atoms with Crippen molar-refractivity contribution in [3.05, 3.63) is 34.6 Å². The van der Waals surface area contributed by atoms with Crippen LogP contribution in [0.1, 0.15) is 52.3 Å². The molecular formula is C18H26BrN5. The Hall–Kier alpha value is -1.27. The number of aromatic nitrogens is 4. The van der Waals surface area contributed by atoms with E-state index in [0.29, 0.717) is 23.9 Å². The van der Waals surface area contributed by atoms with E-state index in [4.69, 9.17) is 0 Å². The third-order valence-corrected chi connectivity index (χ3v) is 5.69. The van der Waals surface area contributed by atoms with Crippen LogP contribution in [0, 0.1) is 11.3 Å². The number of halogens is 1. The number of nitrogens with one attached hydrogen (secondary N) is 1. The molecule has 1 aliphatic carbocycles. The fourth-order valence-corrected chi connectivity index (χ4v) is 4.21. The summed E-state index contributed by atoms with van der Waals surface area (Å²) in [6.45, 7) is 7.74. The summed E-state index contributed by atoms with van der Waals surface area (Å²) in [5, 5.41) is 16.0. The largest absolute Gasteiger partial charge is 0.307 e. The molecule has 0 unspecified atom stereocenters. The predicted octanol–water partition coefficient (Wildman–Crippen LogP) is 4.12. The molecule has 1 heterocycles. The van der Waals surface area contributed by atoms with Gasteiger partial charge in [0.25, 0.3) is 0 Å². The summed E-state index contributed by atoms with van der Waals surface area (Å²) in [6.07, 6.45) is 5.18. The average Bonchev–Trinajstić information content (AvgIpc) is 3.01. The van der Waals surface area contributed by atoms with Gasteiger partial charge in [0.05, 0.1) is 12.2 Å². The normalized spacial score (nSPS) is 21.8. The number of hydrogen-bond donors (Lipinski definition) is 1. The highest BCUT2D eigenvalue weighted by Gasteiger charge is 2.34. The maximum Gasteiger partial charge on any atom is 0.170 e. The van der Waals surface area contributed by atoms with Gasteiger partial charge in [0.15, 0.2) is 5.82 Å². The maximum absolute atomic E-state index is 4.22. The Balaban J connectivity index is 1.74. The number of nitrogens with zero attached hydrogens (tertiary/aromatic N) is 4. The van der Waals surface area contributed by atoms with Gasteiger partial charge in [-0.1, -0.05) is 45.7 Å². The number of hydrogen-bond acceptors (Lipinski definition) is 4. The molecule has 1 aromatic heterocycles. The molecular weight excluding hydrogens is 366 g/mol. The topological polar surface area (TPSA) is 55.6 Å². The standard InChI is InChI=1S/C18H26BrN5/c1-18(2,3)13-8-4-6-10-15(13)20-12-17-21-22-23-24(17)16-11-7-5-9-14(16)19/h5,7,9,11,13,15,20H,4,6,8,10,12H2,1-3H3/t13-,15+/m1/s1. The van der Waals surface area contributed by atoms with Gasteiger partial charge in [-0.3, -0.25) is 0 Å². The Labute approximate surface area is 152 Å². The first-order chi connectivity index (χ1) is 11.5. The van der Waals surface area contributed by atoms with E-state index in [1.807, 2.05) is 28.9 Å². The minimum Gasteiger partial charge on any atom is -0.307 e. The van der Waals surface area contributed by atoms with E-state index < -0.39 is 0 Å². The highest BCUT2D eigenvalue weighted by Crippen LogP contribution is 2.38. The molecule has 3 rings (SSSR count). The van der Waals surface area contributed by atoms with Gasteiger partial charge >= 0.3 is 0 Å². The number of benzene rings is 1. The lowest BCUT2D eigenvalue weighted by Crippen LogP contribution is -2.44. The first kappa shape index (κ1) is 17.5. The summed E-state index contributed by atoms with van der Waals surface area (Å²) < 4.78 is 2.80. The van der Waals surface area contributed by atoms with Crippen molar-refractivity contribution in [1.82, 2.24) is 25.5 Å². The molecule has 6 heteroatoms. The predicted molar refractivity (Wildman–Crippen MR) is 98.9 cm³/mol. The molecule has 24 heavy (non-hydrogen) atoms. The van der Waals surface area contributed by atoms with Crippen molar-refractivity contribution in [1.29, 1.82) is 0 Å². The van der Waals surface area contributed by atoms with Crippen molar-refractivity contribution < 1.29 is 0 Å². The van der Waals surface area contributed by atoms with E-state index in [0.717, 1.165) is 16.0 Å². The van der Waals surface area contributed by atoms with Gasteiger partial charge in [-0.25, -0.2) is 0 Å². The molecule has 2 atom stereocenters. The summed E-state index contributed by atoms with van der Waals surface area (Å²) in [5.74, 6) is 1.54. The molecule has 130 valence electrons. The molecule has 1 aliphatic rings. The van der Waals surface area contributed by atoms with Gasteiger partial charge in [-0.15, -0.1) is 5.10 Å². The van der Waals surface area contributed by atoms with E-state index >= 15 is 0 Å². The number of tetrazole rings is 1. The summed E-state index contributed by atoms with van der Waals surface area (Å²) in [5.41, 5.74) is 1.29. The van der Waals surface area contributed by atoms with Crippen LogP contribution in [0.2, 0.25) is 0 Å². The smallest absolute Gasteiger partial charge is 0.170 e. The van der Waals surface area contributed by atoms with E-state index in [-0.39, 0.29) is 0 Å². The first-order valence-electron chi connectivity index (χ1n) is 8.72. The lowest BCUT2D eigenvalue weighted by molar-refractivity contribution is 0.129. The highest BCUT2D eigenvalue weighted by molar-refractivity contribution is 9.10. The van der Waals surface area contributed by atoms with Crippen molar-refractivity contribution >= 4 is 15.9 Å². The van der Waals surface area contributed by atoms with Crippen LogP contribution in [0.5, 0.6) is 0 Å². The molecule has 0 amide bonds. The number of para-hydroxylation sites is 1. The number of rotatable bonds is 4. The molecule has 0 spiro atoms. The van der Waals surface area contributed by atoms with Crippen molar-refractivity contribution in [2.24, 2.45) is 11.3 Å². The third-order valence-electron chi connectivity index (χ3n) is 5.02. The van der Waals surface area contributed by atoms with E-state index in [2.05, 4.69) is 57.5 Å². The lowest BCUT2D eigenvalue weighted by Gasteiger charge is -2.41. The molecule has 0 aliphatic heterocycles. The van der Waals surface area contributed by atoms with Gasteiger partial charge in [-0.05, 0) is 62.7 Å². The van der Waals surface area contributed by atoms with Crippen molar-refractivity contribution in [2.75, 3.05) is 0 Å². The zero-order valence-electron chi connectivity index (χ0n) is 14.7. The Bertz CT molecular complexity index is 676. The van der Waals surface area contributed by atoms with Gasteiger partial charge < -0.3 is 5.32 Å². The minimum atomic E-state index is 0.326. The molecule has 0 saturated heterocycles. The van der Waals surface area contributed by atoms with E-state index in [1.54, 1.807) is 0 Å². The molecule has 5 nitrogen and oxygen atoms in total. The molecule has 0 bridgehead atoms. The van der Waals surface area contributed by atoms with Crippen LogP contribution >= 0.6 is 15.9 Å². The van der Waals surface area contributed by atoms with Crippen LogP contribution in [-0.4, -0.2) is 26.2 Å². The van der Waals surface area contributed by atoms with Crippen LogP contribution < -0.4 is 5.32 Å². The Morgan fingerprint density at radius 3 is 2.71 bits per heavy atom. The lowest BCUT2D eigenvalue weighted by atomic mass is 9.69. The average molecular weight is 392 g/mol. The Morgan fingerprint density at radius 1 is 1.21 bits per heavy atom. The van der Waals surface area contributed by atoms with Crippen molar-refractivity contribution in [3.63, 3.8) is 0 Å². The van der Waals surface area contributed by atoms with E-state index in [1.165, 1.54) is 25.7 Å². The Morgan fingerprint density at radius 2 is 1.96 bits per heavy atom. The second-order valence-corrected chi connectivity index (χ2v) is 8.56. The first-order valence-corrected chi connectivity index (χ1v) is 9.51. The monoisotopic (exact) mass is 391 g/mol. The minimum absolute atomic E-state index is 0.326. The molecule has 2 aromatic rings. The summed E-state index contributed by atoms with van der Waals surface area (Å²) in [6, 6.07) is 8.54.